The molecule has 0 rings (SSSR count). The summed E-state index contributed by atoms with van der Waals surface area (Å²) >= 11 is 0. The number of rotatable bonds is 4. The lowest BCUT2D eigenvalue weighted by Crippen LogP contribution is -2.43. The van der Waals surface area contributed by atoms with Gasteiger partial charge in [0.15, 0.2) is 0 Å². The summed E-state index contributed by atoms with van der Waals surface area (Å²) < 4.78 is 0. The molecule has 0 amide bonds. The van der Waals surface area contributed by atoms with Crippen molar-refractivity contribution in [3.05, 3.63) is 0 Å². The molecule has 0 aliphatic rings. The van der Waals surface area contributed by atoms with Crippen molar-refractivity contribution in [3.8, 4) is 0 Å². The van der Waals surface area contributed by atoms with E-state index >= 15 is 0 Å². The predicted molar refractivity (Wildman–Crippen MR) is 49.6 cm³/mol. The highest BCUT2D eigenvalue weighted by Crippen LogP contribution is 1.97. The Labute approximate surface area is 81.9 Å². The van der Waals surface area contributed by atoms with Gasteiger partial charge in [0.05, 0.1) is 12.7 Å². The van der Waals surface area contributed by atoms with E-state index in [1.807, 2.05) is 0 Å². The van der Waals surface area contributed by atoms with Gasteiger partial charge in [0.25, 0.3) is 0 Å². The summed E-state index contributed by atoms with van der Waals surface area (Å²) in [6.45, 7) is -0.726. The molecule has 0 heterocycles. The Kier molecular flexibility index (Phi) is 9.21. The fourth-order valence-electron chi connectivity index (χ4n) is 0.504. The average Bonchev–Trinajstić information content (AvgIpc) is 2.00. The first-order valence-electron chi connectivity index (χ1n) is 2.98. The SMILES string of the molecule is I.NC[C@H](O)[C@H](O)[C@H](O)CO. The van der Waals surface area contributed by atoms with E-state index in [4.69, 9.17) is 26.2 Å². The molecular weight excluding hydrogens is 265 g/mol. The standard InChI is InChI=1S/C5H13NO4.HI/c6-1-3(8)5(10)4(9)2-7;/h3-5,7-10H,1-2,6H2;1H/t3-,4+,5-;/m0./s1. The van der Waals surface area contributed by atoms with Crippen LogP contribution in [-0.4, -0.2) is 51.9 Å². The van der Waals surface area contributed by atoms with E-state index in [2.05, 4.69) is 0 Å². The Morgan fingerprint density at radius 3 is 1.82 bits per heavy atom. The molecule has 0 aliphatic heterocycles. The van der Waals surface area contributed by atoms with Crippen LogP contribution in [0.4, 0.5) is 0 Å². The third kappa shape index (κ3) is 4.88. The van der Waals surface area contributed by atoms with Crippen LogP contribution in [0.5, 0.6) is 0 Å². The highest BCUT2D eigenvalue weighted by atomic mass is 127. The molecular formula is C5H14INO4. The molecule has 0 aromatic carbocycles. The van der Waals surface area contributed by atoms with Crippen LogP contribution in [0.25, 0.3) is 0 Å². The molecule has 0 aromatic heterocycles. The van der Waals surface area contributed by atoms with Gasteiger partial charge in [-0.2, -0.15) is 0 Å². The molecule has 0 unspecified atom stereocenters. The fraction of sp³-hybridized carbons (Fsp3) is 1.00. The summed E-state index contributed by atoms with van der Waals surface area (Å²) in [5, 5.41) is 34.6. The Bertz CT molecular complexity index is 84.6. The zero-order valence-electron chi connectivity index (χ0n) is 5.92. The second kappa shape index (κ2) is 7.19. The molecule has 0 saturated carbocycles. The van der Waals surface area contributed by atoms with Gasteiger partial charge in [-0.15, -0.1) is 24.0 Å². The van der Waals surface area contributed by atoms with Gasteiger partial charge >= 0.3 is 0 Å². The minimum absolute atomic E-state index is 0. The molecule has 0 bridgehead atoms. The van der Waals surface area contributed by atoms with E-state index < -0.39 is 24.9 Å². The molecule has 11 heavy (non-hydrogen) atoms. The van der Waals surface area contributed by atoms with Gasteiger partial charge in [0, 0.05) is 6.54 Å². The maximum absolute atomic E-state index is 8.85. The summed E-state index contributed by atoms with van der Waals surface area (Å²) in [5.74, 6) is 0. The molecule has 3 atom stereocenters. The van der Waals surface area contributed by atoms with Crippen molar-refractivity contribution in [1.29, 1.82) is 0 Å². The van der Waals surface area contributed by atoms with Crippen LogP contribution in [0.15, 0.2) is 0 Å². The second-order valence-corrected chi connectivity index (χ2v) is 2.04. The molecule has 0 aliphatic carbocycles. The molecule has 0 aromatic rings. The summed E-state index contributed by atoms with van der Waals surface area (Å²) in [6.07, 6.45) is -3.87. The quantitative estimate of drug-likeness (QED) is 0.370. The molecule has 0 radical (unpaired) electrons. The first kappa shape index (κ1) is 14.1. The highest BCUT2D eigenvalue weighted by Gasteiger charge is 2.22. The Morgan fingerprint density at radius 2 is 1.55 bits per heavy atom. The minimum Gasteiger partial charge on any atom is -0.394 e. The number of aliphatic hydroxyl groups is 4. The topological polar surface area (TPSA) is 107 Å². The van der Waals surface area contributed by atoms with E-state index in [9.17, 15) is 0 Å². The first-order valence-corrected chi connectivity index (χ1v) is 2.98. The third-order valence-corrected chi connectivity index (χ3v) is 1.22. The number of hydrogen-bond donors (Lipinski definition) is 5. The monoisotopic (exact) mass is 279 g/mol. The minimum atomic E-state index is -1.37. The largest absolute Gasteiger partial charge is 0.394 e. The average molecular weight is 279 g/mol. The Balaban J connectivity index is 0. The van der Waals surface area contributed by atoms with Gasteiger partial charge in [-0.3, -0.25) is 0 Å². The van der Waals surface area contributed by atoms with E-state index in [0.717, 1.165) is 0 Å². The molecule has 0 saturated heterocycles. The number of halogens is 1. The summed E-state index contributed by atoms with van der Waals surface area (Å²) in [5.41, 5.74) is 4.96. The van der Waals surface area contributed by atoms with Gasteiger partial charge in [-0.1, -0.05) is 0 Å². The maximum Gasteiger partial charge on any atom is 0.109 e. The number of hydrogen-bond acceptors (Lipinski definition) is 5. The number of aliphatic hydroxyl groups excluding tert-OH is 4. The number of nitrogens with two attached hydrogens (primary N) is 1. The smallest absolute Gasteiger partial charge is 0.109 e. The second-order valence-electron chi connectivity index (χ2n) is 2.04. The van der Waals surface area contributed by atoms with Crippen molar-refractivity contribution in [2.24, 2.45) is 5.73 Å². The van der Waals surface area contributed by atoms with E-state index in [1.54, 1.807) is 0 Å². The molecule has 6 N–H and O–H groups in total. The molecule has 6 heteroatoms. The fourth-order valence-corrected chi connectivity index (χ4v) is 0.504. The van der Waals surface area contributed by atoms with Crippen LogP contribution < -0.4 is 5.73 Å². The van der Waals surface area contributed by atoms with Crippen molar-refractivity contribution in [3.63, 3.8) is 0 Å². The van der Waals surface area contributed by atoms with Gasteiger partial charge in [0.2, 0.25) is 0 Å². The highest BCUT2D eigenvalue weighted by molar-refractivity contribution is 14.0. The van der Waals surface area contributed by atoms with Crippen molar-refractivity contribution in [1.82, 2.24) is 0 Å². The molecule has 0 fully saturated rings. The molecule has 0 spiro atoms. The zero-order valence-corrected chi connectivity index (χ0v) is 8.25. The summed E-state index contributed by atoms with van der Waals surface area (Å²) in [4.78, 5) is 0. The van der Waals surface area contributed by atoms with E-state index in [0.29, 0.717) is 0 Å². The molecule has 70 valence electrons. The Morgan fingerprint density at radius 1 is 1.09 bits per heavy atom. The van der Waals surface area contributed by atoms with Crippen molar-refractivity contribution < 1.29 is 20.4 Å². The lowest BCUT2D eigenvalue weighted by Gasteiger charge is -2.19. The van der Waals surface area contributed by atoms with Crippen molar-refractivity contribution in [2.45, 2.75) is 18.3 Å². The lowest BCUT2D eigenvalue weighted by atomic mass is 10.1. The van der Waals surface area contributed by atoms with Crippen LogP contribution in [0.1, 0.15) is 0 Å². The maximum atomic E-state index is 8.85. The lowest BCUT2D eigenvalue weighted by molar-refractivity contribution is -0.0727. The third-order valence-electron chi connectivity index (χ3n) is 1.22. The van der Waals surface area contributed by atoms with Gasteiger partial charge in [-0.05, 0) is 0 Å². The van der Waals surface area contributed by atoms with E-state index in [-0.39, 0.29) is 30.5 Å². The van der Waals surface area contributed by atoms with E-state index in [1.165, 1.54) is 0 Å². The van der Waals surface area contributed by atoms with Crippen LogP contribution in [0.3, 0.4) is 0 Å². The van der Waals surface area contributed by atoms with Gasteiger partial charge in [-0.25, -0.2) is 0 Å². The Hall–Kier alpha value is 0.530. The predicted octanol–water partition coefficient (Wildman–Crippen LogP) is -2.36. The van der Waals surface area contributed by atoms with Gasteiger partial charge < -0.3 is 26.2 Å². The molecule has 5 nitrogen and oxygen atoms in total. The van der Waals surface area contributed by atoms with Crippen LogP contribution in [-0.2, 0) is 0 Å². The zero-order chi connectivity index (χ0) is 8.15. The van der Waals surface area contributed by atoms with Crippen LogP contribution in [0.2, 0.25) is 0 Å². The van der Waals surface area contributed by atoms with Crippen LogP contribution >= 0.6 is 24.0 Å². The van der Waals surface area contributed by atoms with Crippen molar-refractivity contribution in [2.75, 3.05) is 13.2 Å². The van der Waals surface area contributed by atoms with Crippen molar-refractivity contribution >= 4 is 24.0 Å². The summed E-state index contributed by atoms with van der Waals surface area (Å²) in [7, 11) is 0. The van der Waals surface area contributed by atoms with Crippen LogP contribution in [0, 0.1) is 0 Å². The van der Waals surface area contributed by atoms with Gasteiger partial charge in [0.1, 0.15) is 12.2 Å². The first-order chi connectivity index (χ1) is 4.63. The summed E-state index contributed by atoms with van der Waals surface area (Å²) in [6, 6.07) is 0. The normalized spacial score (nSPS) is 18.3.